The van der Waals surface area contributed by atoms with Gasteiger partial charge in [0.05, 0.1) is 0 Å². The Bertz CT molecular complexity index is 1820. The Balaban J connectivity index is 1.14. The van der Waals surface area contributed by atoms with E-state index in [0.29, 0.717) is 30.4 Å². The first-order valence-electron chi connectivity index (χ1n) is 14.8. The fourth-order valence-electron chi connectivity index (χ4n) is 5.06. The van der Waals surface area contributed by atoms with Crippen LogP contribution in [0.3, 0.4) is 0 Å². The van der Waals surface area contributed by atoms with Crippen LogP contribution in [0.25, 0.3) is 22.3 Å². The van der Waals surface area contributed by atoms with Gasteiger partial charge in [0.2, 0.25) is 0 Å². The highest BCUT2D eigenvalue weighted by Crippen LogP contribution is 2.37. The maximum atomic E-state index is 6.32. The number of rotatable bonds is 12. The quantitative estimate of drug-likeness (QED) is 0.103. The Hall–Kier alpha value is -4.48. The zero-order valence-corrected chi connectivity index (χ0v) is 26.4. The minimum atomic E-state index is 0.460. The molecule has 2 nitrogen and oxygen atoms in total. The minimum Gasteiger partial charge on any atom is -0.489 e. The van der Waals surface area contributed by atoms with Gasteiger partial charge in [-0.25, -0.2) is 0 Å². The van der Waals surface area contributed by atoms with Crippen molar-refractivity contribution in [2.45, 2.75) is 0 Å². The molecule has 216 valence electrons. The van der Waals surface area contributed by atoms with Crippen LogP contribution in [0.15, 0.2) is 170 Å². The first-order chi connectivity index (χ1) is 21.8. The Labute approximate surface area is 264 Å². The Kier molecular flexibility index (Phi) is 10.3. The first-order valence-corrected chi connectivity index (χ1v) is 16.8. The molecular weight excluding hydrogens is 574 g/mol. The van der Waals surface area contributed by atoms with Gasteiger partial charge in [-0.2, -0.15) is 0 Å². The molecule has 0 fully saturated rings. The van der Waals surface area contributed by atoms with Crippen LogP contribution in [0.4, 0.5) is 0 Å². The van der Waals surface area contributed by atoms with E-state index < -0.39 is 0 Å². The molecule has 2 atom stereocenters. The van der Waals surface area contributed by atoms with Crippen LogP contribution in [-0.4, -0.2) is 13.2 Å². The molecular formula is C40H34O2P2. The van der Waals surface area contributed by atoms with Crippen LogP contribution >= 0.6 is 17.2 Å². The minimum absolute atomic E-state index is 0.460. The van der Waals surface area contributed by atoms with E-state index in [1.54, 1.807) is 0 Å². The van der Waals surface area contributed by atoms with Crippen molar-refractivity contribution in [3.05, 3.63) is 170 Å². The van der Waals surface area contributed by atoms with Gasteiger partial charge in [0.25, 0.3) is 0 Å². The van der Waals surface area contributed by atoms with Gasteiger partial charge in [-0.3, -0.25) is 0 Å². The topological polar surface area (TPSA) is 18.5 Å². The third kappa shape index (κ3) is 7.72. The average Bonchev–Trinajstić information content (AvgIpc) is 3.08. The van der Waals surface area contributed by atoms with Crippen LogP contribution in [0.1, 0.15) is 0 Å². The molecule has 0 aromatic heterocycles. The zero-order chi connectivity index (χ0) is 29.8. The molecule has 0 N–H and O–H groups in total. The number of ether oxygens (including phenoxy) is 2. The summed E-state index contributed by atoms with van der Waals surface area (Å²) in [6.45, 7) is 0.949. The van der Waals surface area contributed by atoms with E-state index in [1.807, 2.05) is 36.4 Å². The van der Waals surface area contributed by atoms with Gasteiger partial charge < -0.3 is 9.47 Å². The van der Waals surface area contributed by atoms with Crippen molar-refractivity contribution in [3.63, 3.8) is 0 Å². The first kappa shape index (κ1) is 29.6. The summed E-state index contributed by atoms with van der Waals surface area (Å²) in [6, 6.07) is 55.2. The van der Waals surface area contributed by atoms with Crippen LogP contribution in [-0.2, 0) is 0 Å². The second-order valence-electron chi connectivity index (χ2n) is 10.2. The molecule has 0 saturated carbocycles. The highest BCUT2D eigenvalue weighted by molar-refractivity contribution is 7.56. The molecule has 0 saturated heterocycles. The van der Waals surface area contributed by atoms with Crippen molar-refractivity contribution >= 4 is 38.4 Å². The van der Waals surface area contributed by atoms with E-state index in [1.165, 1.54) is 32.3 Å². The van der Waals surface area contributed by atoms with Crippen LogP contribution in [0.2, 0.25) is 0 Å². The molecule has 0 aliphatic heterocycles. The van der Waals surface area contributed by atoms with Crippen molar-refractivity contribution in [3.8, 4) is 33.8 Å². The van der Waals surface area contributed by atoms with E-state index in [0.717, 1.165) is 22.6 Å². The lowest BCUT2D eigenvalue weighted by atomic mass is 9.94. The van der Waals surface area contributed by atoms with Crippen molar-refractivity contribution < 1.29 is 9.47 Å². The number of para-hydroxylation sites is 2. The van der Waals surface area contributed by atoms with Gasteiger partial charge in [0.1, 0.15) is 24.7 Å². The molecule has 6 aromatic rings. The fourth-order valence-corrected chi connectivity index (χ4v) is 7.39. The van der Waals surface area contributed by atoms with Gasteiger partial charge in [-0.05, 0) is 56.9 Å². The van der Waals surface area contributed by atoms with Gasteiger partial charge >= 0.3 is 0 Å². The smallest absolute Gasteiger partial charge is 0.127 e. The van der Waals surface area contributed by atoms with E-state index in [-0.39, 0.29) is 0 Å². The average molecular weight is 609 g/mol. The molecule has 6 rings (SSSR count). The number of hydrogen-bond donors (Lipinski definition) is 0. The monoisotopic (exact) mass is 608 g/mol. The Morgan fingerprint density at radius 1 is 0.364 bits per heavy atom. The highest BCUT2D eigenvalue weighted by atomic mass is 31.1. The zero-order valence-electron chi connectivity index (χ0n) is 24.4. The summed E-state index contributed by atoms with van der Waals surface area (Å²) in [5, 5.41) is 5.17. The molecule has 6 aromatic carbocycles. The fraction of sp³-hybridized carbons (Fsp3) is 0.0500. The third-order valence-corrected chi connectivity index (χ3v) is 9.78. The van der Waals surface area contributed by atoms with Crippen molar-refractivity contribution in [1.82, 2.24) is 0 Å². The van der Waals surface area contributed by atoms with Crippen LogP contribution in [0, 0.1) is 0 Å². The van der Waals surface area contributed by atoms with E-state index in [9.17, 15) is 0 Å². The van der Waals surface area contributed by atoms with E-state index in [4.69, 9.17) is 9.47 Å². The summed E-state index contributed by atoms with van der Waals surface area (Å²) >= 11 is 0. The molecule has 0 spiro atoms. The van der Waals surface area contributed by atoms with Crippen LogP contribution < -0.4 is 30.7 Å². The molecule has 4 heteroatoms. The third-order valence-electron chi connectivity index (χ3n) is 7.15. The predicted octanol–water partition coefficient (Wildman–Crippen LogP) is 8.29. The molecule has 2 unspecified atom stereocenters. The molecule has 0 radical (unpaired) electrons. The van der Waals surface area contributed by atoms with Gasteiger partial charge in [-0.15, -0.1) is 0 Å². The molecule has 0 amide bonds. The Morgan fingerprint density at radius 3 is 1.41 bits per heavy atom. The number of hydrogen-bond acceptors (Lipinski definition) is 2. The largest absolute Gasteiger partial charge is 0.489 e. The summed E-state index contributed by atoms with van der Waals surface area (Å²) in [7, 11) is 1.14. The summed E-state index contributed by atoms with van der Waals surface area (Å²) in [6.07, 6.45) is 4.06. The molecule has 0 bridgehead atoms. The molecule has 44 heavy (non-hydrogen) atoms. The summed E-state index contributed by atoms with van der Waals surface area (Å²) in [5.74, 6) is 1.79. The van der Waals surface area contributed by atoms with Gasteiger partial charge in [-0.1, -0.05) is 163 Å². The van der Waals surface area contributed by atoms with E-state index in [2.05, 4.69) is 133 Å². The maximum absolute atomic E-state index is 6.32. The van der Waals surface area contributed by atoms with Gasteiger partial charge in [0.15, 0.2) is 0 Å². The second-order valence-corrected chi connectivity index (χ2v) is 12.9. The van der Waals surface area contributed by atoms with Gasteiger partial charge in [0, 0.05) is 10.9 Å². The molecule has 0 aliphatic rings. The van der Waals surface area contributed by atoms with Crippen molar-refractivity contribution in [1.29, 1.82) is 0 Å². The lowest BCUT2D eigenvalue weighted by molar-refractivity contribution is 0.352. The molecule has 0 heterocycles. The Morgan fingerprint density at radius 2 is 0.773 bits per heavy atom. The number of benzene rings is 6. The SMILES string of the molecule is C(=CCOc1ccccc1-c1ccccc1-c1ccccc1Pc1ccccc1)COc1ccccc1Pc1ccccc1. The molecule has 0 aliphatic carbocycles. The maximum Gasteiger partial charge on any atom is 0.127 e. The summed E-state index contributed by atoms with van der Waals surface area (Å²) in [5.41, 5.74) is 4.71. The predicted molar refractivity (Wildman–Crippen MR) is 192 cm³/mol. The van der Waals surface area contributed by atoms with E-state index >= 15 is 0 Å². The van der Waals surface area contributed by atoms with Crippen molar-refractivity contribution in [2.24, 2.45) is 0 Å². The lowest BCUT2D eigenvalue weighted by Gasteiger charge is -2.17. The summed E-state index contributed by atoms with van der Waals surface area (Å²) in [4.78, 5) is 0. The standard InChI is InChI=1S/C40H34O2P2/c1-3-17-31(18-4-1)43-39-27-13-10-24-36(39)34-22-8-7-21-33(34)35-23-9-11-25-37(35)41-29-15-16-30-42-38-26-12-14-28-40(38)44-32-19-5-2-6-20-32/h1-28,43-44H,29-30H2. The van der Waals surface area contributed by atoms with Crippen LogP contribution in [0.5, 0.6) is 11.5 Å². The second kappa shape index (κ2) is 15.3. The summed E-state index contributed by atoms with van der Waals surface area (Å²) < 4.78 is 12.5. The van der Waals surface area contributed by atoms with Crippen molar-refractivity contribution in [2.75, 3.05) is 13.2 Å². The highest BCUT2D eigenvalue weighted by Gasteiger charge is 2.14. The normalized spacial score (nSPS) is 11.5. The lowest BCUT2D eigenvalue weighted by Crippen LogP contribution is -2.08.